The second-order valence-corrected chi connectivity index (χ2v) is 7.41. The number of aromatic nitrogens is 2. The highest BCUT2D eigenvalue weighted by Crippen LogP contribution is 2.12. The normalized spacial score (nSPS) is 11.4. The minimum atomic E-state index is -0.196. The van der Waals surface area contributed by atoms with Gasteiger partial charge >= 0.3 is 0 Å². The largest absolute Gasteiger partial charge is 0.326 e. The number of benzene rings is 2. The molecule has 1 heterocycles. The summed E-state index contributed by atoms with van der Waals surface area (Å²) in [4.78, 5) is 17.5. The lowest BCUT2D eigenvalue weighted by Gasteiger charge is -2.12. The van der Waals surface area contributed by atoms with Gasteiger partial charge in [-0.05, 0) is 62.6 Å². The zero-order chi connectivity index (χ0) is 21.5. The number of amides is 1. The number of rotatable bonds is 6. The minimum absolute atomic E-state index is 0.196. The molecule has 0 bridgehead atoms. The van der Waals surface area contributed by atoms with Crippen molar-refractivity contribution in [2.24, 2.45) is 4.99 Å². The topological polar surface area (TPSA) is 71.3 Å². The summed E-state index contributed by atoms with van der Waals surface area (Å²) in [5.74, 6) is 0.214. The van der Waals surface area contributed by atoms with Crippen LogP contribution in [-0.4, -0.2) is 21.6 Å². The maximum Gasteiger partial charge on any atom is 0.257 e. The Hall–Kier alpha value is -3.41. The van der Waals surface area contributed by atoms with Crippen LogP contribution in [0.3, 0.4) is 0 Å². The van der Waals surface area contributed by atoms with Gasteiger partial charge in [-0.15, -0.1) is 0 Å². The Bertz CT molecular complexity index is 1040. The first-order valence-electron chi connectivity index (χ1n) is 10.2. The van der Waals surface area contributed by atoms with Crippen LogP contribution < -0.4 is 10.6 Å². The van der Waals surface area contributed by atoms with E-state index in [2.05, 4.69) is 27.6 Å². The van der Waals surface area contributed by atoms with Crippen LogP contribution in [0.2, 0.25) is 0 Å². The van der Waals surface area contributed by atoms with Crippen LogP contribution in [0.4, 0.5) is 5.69 Å². The number of anilines is 1. The van der Waals surface area contributed by atoms with Crippen molar-refractivity contribution in [2.45, 2.75) is 47.2 Å². The SMILES string of the molecule is CCCn1cc(CN=C(NC(=O)c2ccc(C)c(C)c2)Nc2ccccc2)c(C)n1. The molecule has 0 aliphatic carbocycles. The van der Waals surface area contributed by atoms with Crippen molar-refractivity contribution in [3.8, 4) is 0 Å². The van der Waals surface area contributed by atoms with E-state index in [-0.39, 0.29) is 5.91 Å². The molecule has 6 nitrogen and oxygen atoms in total. The molecule has 3 rings (SSSR count). The van der Waals surface area contributed by atoms with Gasteiger partial charge in [-0.3, -0.25) is 14.8 Å². The molecule has 156 valence electrons. The van der Waals surface area contributed by atoms with E-state index in [0.717, 1.165) is 41.0 Å². The minimum Gasteiger partial charge on any atom is -0.326 e. The highest BCUT2D eigenvalue weighted by Gasteiger charge is 2.11. The fraction of sp³-hybridized carbons (Fsp3) is 0.292. The second kappa shape index (κ2) is 9.87. The second-order valence-electron chi connectivity index (χ2n) is 7.41. The molecule has 0 atom stereocenters. The van der Waals surface area contributed by atoms with Crippen molar-refractivity contribution in [3.63, 3.8) is 0 Å². The van der Waals surface area contributed by atoms with E-state index < -0.39 is 0 Å². The smallest absolute Gasteiger partial charge is 0.257 e. The number of carbonyl (C=O) groups is 1. The lowest BCUT2D eigenvalue weighted by Crippen LogP contribution is -2.36. The molecular weight excluding hydrogens is 374 g/mol. The van der Waals surface area contributed by atoms with Gasteiger partial charge in [-0.1, -0.05) is 31.2 Å². The van der Waals surface area contributed by atoms with Gasteiger partial charge in [0.2, 0.25) is 5.96 Å². The fourth-order valence-corrected chi connectivity index (χ4v) is 3.05. The molecule has 0 saturated heterocycles. The zero-order valence-electron chi connectivity index (χ0n) is 18.1. The fourth-order valence-electron chi connectivity index (χ4n) is 3.05. The molecule has 6 heteroatoms. The maximum atomic E-state index is 12.8. The summed E-state index contributed by atoms with van der Waals surface area (Å²) < 4.78 is 1.94. The molecule has 2 N–H and O–H groups in total. The van der Waals surface area contributed by atoms with Gasteiger partial charge in [-0.2, -0.15) is 5.10 Å². The van der Waals surface area contributed by atoms with Crippen LogP contribution >= 0.6 is 0 Å². The number of carbonyl (C=O) groups excluding carboxylic acids is 1. The third-order valence-electron chi connectivity index (χ3n) is 4.95. The third-order valence-corrected chi connectivity index (χ3v) is 4.95. The number of hydrogen-bond acceptors (Lipinski definition) is 3. The molecule has 1 aromatic heterocycles. The lowest BCUT2D eigenvalue weighted by atomic mass is 10.1. The zero-order valence-corrected chi connectivity index (χ0v) is 18.1. The summed E-state index contributed by atoms with van der Waals surface area (Å²) in [5.41, 5.74) is 5.68. The van der Waals surface area contributed by atoms with E-state index in [0.29, 0.717) is 18.1 Å². The molecule has 3 aromatic rings. The maximum absolute atomic E-state index is 12.8. The Kier molecular flexibility index (Phi) is 7.01. The van der Waals surface area contributed by atoms with Crippen LogP contribution in [0.25, 0.3) is 0 Å². The van der Waals surface area contributed by atoms with E-state index in [4.69, 9.17) is 0 Å². The summed E-state index contributed by atoms with van der Waals surface area (Å²) >= 11 is 0. The van der Waals surface area contributed by atoms with Gasteiger partial charge in [0.05, 0.1) is 12.2 Å². The Morgan fingerprint density at radius 1 is 1.07 bits per heavy atom. The predicted molar refractivity (Wildman–Crippen MR) is 122 cm³/mol. The average Bonchev–Trinajstić information content (AvgIpc) is 3.08. The van der Waals surface area contributed by atoms with Crippen LogP contribution in [0.15, 0.2) is 59.7 Å². The number of para-hydroxylation sites is 1. The Labute approximate surface area is 178 Å². The van der Waals surface area contributed by atoms with E-state index in [1.807, 2.05) is 80.2 Å². The molecule has 0 unspecified atom stereocenters. The molecule has 1 amide bonds. The van der Waals surface area contributed by atoms with Crippen molar-refractivity contribution < 1.29 is 4.79 Å². The number of nitrogens with zero attached hydrogens (tertiary/aromatic N) is 3. The first-order valence-corrected chi connectivity index (χ1v) is 10.2. The van der Waals surface area contributed by atoms with Gasteiger partial charge in [0.1, 0.15) is 0 Å². The van der Waals surface area contributed by atoms with Gasteiger partial charge in [0, 0.05) is 29.6 Å². The van der Waals surface area contributed by atoms with Crippen LogP contribution in [-0.2, 0) is 13.1 Å². The first-order chi connectivity index (χ1) is 14.5. The third kappa shape index (κ3) is 5.56. The quantitative estimate of drug-likeness (QED) is 0.466. The summed E-state index contributed by atoms with van der Waals surface area (Å²) in [5, 5.41) is 10.7. The van der Waals surface area contributed by atoms with E-state index in [1.54, 1.807) is 0 Å². The van der Waals surface area contributed by atoms with Crippen LogP contribution in [0, 0.1) is 20.8 Å². The van der Waals surface area contributed by atoms with Gasteiger partial charge in [0.25, 0.3) is 5.91 Å². The number of nitrogens with one attached hydrogen (secondary N) is 2. The molecule has 0 fully saturated rings. The van der Waals surface area contributed by atoms with Crippen molar-refractivity contribution in [2.75, 3.05) is 5.32 Å². The molecule has 30 heavy (non-hydrogen) atoms. The number of guanidine groups is 1. The Morgan fingerprint density at radius 2 is 1.83 bits per heavy atom. The number of aliphatic imine (C=N–C) groups is 1. The monoisotopic (exact) mass is 403 g/mol. The molecular formula is C24H29N5O. The Balaban J connectivity index is 1.81. The highest BCUT2D eigenvalue weighted by atomic mass is 16.1. The standard InChI is InChI=1S/C24H29N5O/c1-5-13-29-16-21(19(4)28-29)15-25-24(26-22-9-7-6-8-10-22)27-23(30)20-12-11-17(2)18(3)14-20/h6-12,14,16H,5,13,15H2,1-4H3,(H2,25,26,27,30). The summed E-state index contributed by atoms with van der Waals surface area (Å²) in [6.07, 6.45) is 3.05. The van der Waals surface area contributed by atoms with Gasteiger partial charge in [0.15, 0.2) is 0 Å². The Morgan fingerprint density at radius 3 is 2.53 bits per heavy atom. The van der Waals surface area contributed by atoms with Crippen LogP contribution in [0.5, 0.6) is 0 Å². The van der Waals surface area contributed by atoms with E-state index in [9.17, 15) is 4.79 Å². The summed E-state index contributed by atoms with van der Waals surface area (Å²) in [7, 11) is 0. The lowest BCUT2D eigenvalue weighted by molar-refractivity contribution is 0.0977. The highest BCUT2D eigenvalue weighted by molar-refractivity contribution is 6.10. The molecule has 0 aliphatic heterocycles. The summed E-state index contributed by atoms with van der Waals surface area (Å²) in [6.45, 7) is 9.44. The van der Waals surface area contributed by atoms with Crippen molar-refractivity contribution in [3.05, 3.63) is 82.7 Å². The number of hydrogen-bond donors (Lipinski definition) is 2. The van der Waals surface area contributed by atoms with Crippen molar-refractivity contribution in [1.29, 1.82) is 0 Å². The molecule has 0 radical (unpaired) electrons. The average molecular weight is 404 g/mol. The van der Waals surface area contributed by atoms with Crippen LogP contribution in [0.1, 0.15) is 46.1 Å². The van der Waals surface area contributed by atoms with Gasteiger partial charge in [-0.25, -0.2) is 4.99 Å². The molecule has 0 spiro atoms. The summed E-state index contributed by atoms with van der Waals surface area (Å²) in [6, 6.07) is 15.4. The van der Waals surface area contributed by atoms with Crippen molar-refractivity contribution in [1.82, 2.24) is 15.1 Å². The van der Waals surface area contributed by atoms with E-state index in [1.165, 1.54) is 0 Å². The molecule has 0 aliphatic rings. The molecule has 0 saturated carbocycles. The van der Waals surface area contributed by atoms with E-state index >= 15 is 0 Å². The number of aryl methyl sites for hydroxylation is 4. The predicted octanol–water partition coefficient (Wildman–Crippen LogP) is 4.62. The van der Waals surface area contributed by atoms with Gasteiger partial charge < -0.3 is 5.32 Å². The first kappa shape index (κ1) is 21.3. The molecule has 2 aromatic carbocycles. The van der Waals surface area contributed by atoms with Crippen molar-refractivity contribution >= 4 is 17.6 Å².